The molecule has 2 N–H and O–H groups in total. The lowest BCUT2D eigenvalue weighted by Crippen LogP contribution is -2.47. The van der Waals surface area contributed by atoms with Crippen LogP contribution in [0, 0.1) is 17.8 Å². The Morgan fingerprint density at radius 2 is 2.09 bits per heavy atom. The topological polar surface area (TPSA) is 70.6 Å². The molecule has 0 aromatic heterocycles. The zero-order chi connectivity index (χ0) is 16.4. The van der Waals surface area contributed by atoms with E-state index in [1.807, 2.05) is 6.92 Å². The molecule has 0 amide bonds. The second-order valence-electron chi connectivity index (χ2n) is 7.70. The van der Waals surface area contributed by atoms with E-state index < -0.39 is 9.84 Å². The van der Waals surface area contributed by atoms with Gasteiger partial charge in [-0.1, -0.05) is 18.6 Å². The standard InChI is InChI=1S/C17H29N3O2S/c1-12(2)9-18-17(19-10-14-5-6-23(21,22)11-14)20-16-8-13-3-4-15(16)7-13/h13-16H,1,3-11H2,2H3,(H2,18,19,20). The highest BCUT2D eigenvalue weighted by molar-refractivity contribution is 7.91. The van der Waals surface area contributed by atoms with E-state index in [1.165, 1.54) is 25.7 Å². The zero-order valence-corrected chi connectivity index (χ0v) is 14.9. The van der Waals surface area contributed by atoms with Crippen molar-refractivity contribution in [1.29, 1.82) is 0 Å². The van der Waals surface area contributed by atoms with Crippen molar-refractivity contribution in [2.45, 2.75) is 45.1 Å². The molecular formula is C17H29N3O2S. The Morgan fingerprint density at radius 3 is 2.65 bits per heavy atom. The Balaban J connectivity index is 1.55. The summed E-state index contributed by atoms with van der Waals surface area (Å²) in [5.41, 5.74) is 1.03. The maximum Gasteiger partial charge on any atom is 0.191 e. The van der Waals surface area contributed by atoms with Gasteiger partial charge in [-0.3, -0.25) is 0 Å². The lowest BCUT2D eigenvalue weighted by molar-refractivity contribution is 0.386. The summed E-state index contributed by atoms with van der Waals surface area (Å²) in [5, 5.41) is 6.97. The third-order valence-electron chi connectivity index (χ3n) is 5.45. The number of nitrogens with zero attached hydrogens (tertiary/aromatic N) is 1. The van der Waals surface area contributed by atoms with Crippen molar-refractivity contribution in [3.8, 4) is 0 Å². The van der Waals surface area contributed by atoms with Crippen molar-refractivity contribution >= 4 is 15.8 Å². The van der Waals surface area contributed by atoms with Crippen LogP contribution >= 0.6 is 0 Å². The molecule has 5 nitrogen and oxygen atoms in total. The SMILES string of the molecule is C=C(C)CN=C(NCC1CCS(=O)(=O)C1)NC1CC2CCC1C2. The second kappa shape index (κ2) is 6.83. The average Bonchev–Trinajstić information content (AvgIpc) is 3.17. The van der Waals surface area contributed by atoms with Crippen LogP contribution in [0.5, 0.6) is 0 Å². The summed E-state index contributed by atoms with van der Waals surface area (Å²) in [5.74, 6) is 3.34. The van der Waals surface area contributed by atoms with Crippen molar-refractivity contribution in [3.05, 3.63) is 12.2 Å². The summed E-state index contributed by atoms with van der Waals surface area (Å²) in [6.45, 7) is 7.18. The average molecular weight is 340 g/mol. The highest BCUT2D eigenvalue weighted by Gasteiger charge is 2.39. The van der Waals surface area contributed by atoms with E-state index in [9.17, 15) is 8.42 Å². The van der Waals surface area contributed by atoms with E-state index in [-0.39, 0.29) is 5.92 Å². The Morgan fingerprint density at radius 1 is 1.26 bits per heavy atom. The number of fused-ring (bicyclic) bond motifs is 2. The van der Waals surface area contributed by atoms with Gasteiger partial charge in [0.25, 0.3) is 0 Å². The molecule has 6 heteroatoms. The predicted octanol–water partition coefficient (Wildman–Crippen LogP) is 1.72. The predicted molar refractivity (Wildman–Crippen MR) is 94.3 cm³/mol. The quantitative estimate of drug-likeness (QED) is 0.454. The Hall–Kier alpha value is -1.04. The smallest absolute Gasteiger partial charge is 0.191 e. The Kier molecular flexibility index (Phi) is 4.99. The summed E-state index contributed by atoms with van der Waals surface area (Å²) in [4.78, 5) is 4.61. The maximum absolute atomic E-state index is 11.6. The van der Waals surface area contributed by atoms with Crippen LogP contribution in [0.1, 0.15) is 39.0 Å². The number of aliphatic imine (C=N–C) groups is 1. The maximum atomic E-state index is 11.6. The first-order chi connectivity index (χ1) is 10.9. The fraction of sp³-hybridized carbons (Fsp3) is 0.824. The molecule has 0 aromatic carbocycles. The van der Waals surface area contributed by atoms with Gasteiger partial charge < -0.3 is 10.6 Å². The third kappa shape index (κ3) is 4.49. The molecule has 3 rings (SSSR count). The minimum absolute atomic E-state index is 0.205. The van der Waals surface area contributed by atoms with Crippen LogP contribution in [-0.4, -0.2) is 45.0 Å². The first-order valence-electron chi connectivity index (χ1n) is 8.81. The van der Waals surface area contributed by atoms with E-state index in [0.29, 0.717) is 30.6 Å². The van der Waals surface area contributed by atoms with E-state index in [2.05, 4.69) is 22.2 Å². The van der Waals surface area contributed by atoms with E-state index in [0.717, 1.165) is 29.8 Å². The molecule has 1 heterocycles. The molecule has 2 saturated carbocycles. The van der Waals surface area contributed by atoms with Gasteiger partial charge in [0.1, 0.15) is 0 Å². The van der Waals surface area contributed by atoms with E-state index in [1.54, 1.807) is 0 Å². The summed E-state index contributed by atoms with van der Waals surface area (Å²) < 4.78 is 23.2. The Bertz CT molecular complexity index is 585. The first-order valence-corrected chi connectivity index (χ1v) is 10.6. The van der Waals surface area contributed by atoms with Crippen molar-refractivity contribution in [1.82, 2.24) is 10.6 Å². The van der Waals surface area contributed by atoms with Crippen LogP contribution in [0.2, 0.25) is 0 Å². The number of guanidine groups is 1. The van der Waals surface area contributed by atoms with Crippen LogP contribution < -0.4 is 10.6 Å². The van der Waals surface area contributed by atoms with Gasteiger partial charge in [-0.15, -0.1) is 0 Å². The molecule has 3 aliphatic rings. The normalized spacial score (nSPS) is 35.4. The van der Waals surface area contributed by atoms with Gasteiger partial charge in [0.05, 0.1) is 18.1 Å². The molecule has 2 aliphatic carbocycles. The molecule has 2 bridgehead atoms. The fourth-order valence-corrected chi connectivity index (χ4v) is 6.10. The minimum Gasteiger partial charge on any atom is -0.356 e. The summed E-state index contributed by atoms with van der Waals surface area (Å²) in [6.07, 6.45) is 6.07. The van der Waals surface area contributed by atoms with E-state index in [4.69, 9.17) is 0 Å². The fourth-order valence-electron chi connectivity index (χ4n) is 4.24. The summed E-state index contributed by atoms with van der Waals surface area (Å²) in [7, 11) is -2.81. The minimum atomic E-state index is -2.81. The summed E-state index contributed by atoms with van der Waals surface area (Å²) >= 11 is 0. The van der Waals surface area contributed by atoms with Crippen molar-refractivity contribution in [3.63, 3.8) is 0 Å². The van der Waals surface area contributed by atoms with Crippen LogP contribution in [0.4, 0.5) is 0 Å². The first kappa shape index (κ1) is 16.8. The molecule has 130 valence electrons. The molecule has 0 spiro atoms. The zero-order valence-electron chi connectivity index (χ0n) is 14.1. The van der Waals surface area contributed by atoms with Gasteiger partial charge in [-0.2, -0.15) is 0 Å². The molecule has 4 unspecified atom stereocenters. The molecule has 3 fully saturated rings. The van der Waals surface area contributed by atoms with Crippen LogP contribution in [0.25, 0.3) is 0 Å². The molecule has 0 aromatic rings. The number of rotatable bonds is 5. The second-order valence-corrected chi connectivity index (χ2v) is 9.93. The molecule has 1 aliphatic heterocycles. The van der Waals surface area contributed by atoms with Crippen molar-refractivity contribution < 1.29 is 8.42 Å². The summed E-state index contributed by atoms with van der Waals surface area (Å²) in [6, 6.07) is 0.525. The number of hydrogen-bond donors (Lipinski definition) is 2. The lowest BCUT2D eigenvalue weighted by atomic mass is 9.95. The highest BCUT2D eigenvalue weighted by Crippen LogP contribution is 2.44. The Labute approximate surface area is 139 Å². The molecule has 1 saturated heterocycles. The number of hydrogen-bond acceptors (Lipinski definition) is 3. The van der Waals surface area contributed by atoms with Gasteiger partial charge in [0.15, 0.2) is 15.8 Å². The molecular weight excluding hydrogens is 310 g/mol. The molecule has 0 radical (unpaired) electrons. The monoisotopic (exact) mass is 339 g/mol. The van der Waals surface area contributed by atoms with E-state index >= 15 is 0 Å². The van der Waals surface area contributed by atoms with Gasteiger partial charge >= 0.3 is 0 Å². The number of nitrogens with one attached hydrogen (secondary N) is 2. The third-order valence-corrected chi connectivity index (χ3v) is 7.29. The largest absolute Gasteiger partial charge is 0.356 e. The number of sulfone groups is 1. The van der Waals surface area contributed by atoms with Gasteiger partial charge in [-0.25, -0.2) is 13.4 Å². The highest BCUT2D eigenvalue weighted by atomic mass is 32.2. The van der Waals surface area contributed by atoms with Gasteiger partial charge in [0.2, 0.25) is 0 Å². The molecule has 23 heavy (non-hydrogen) atoms. The van der Waals surface area contributed by atoms with Crippen molar-refractivity contribution in [2.24, 2.45) is 22.7 Å². The van der Waals surface area contributed by atoms with Crippen molar-refractivity contribution in [2.75, 3.05) is 24.6 Å². The van der Waals surface area contributed by atoms with Crippen LogP contribution in [-0.2, 0) is 9.84 Å². The van der Waals surface area contributed by atoms with Crippen LogP contribution in [0.3, 0.4) is 0 Å². The van der Waals surface area contributed by atoms with Crippen LogP contribution in [0.15, 0.2) is 17.1 Å². The van der Waals surface area contributed by atoms with Gasteiger partial charge in [0, 0.05) is 12.6 Å². The van der Waals surface area contributed by atoms with Gasteiger partial charge in [-0.05, 0) is 50.4 Å². The lowest BCUT2D eigenvalue weighted by Gasteiger charge is -2.25. The molecule has 4 atom stereocenters.